The Hall–Kier alpha value is -13.4. The molecule has 4 saturated carbocycles. The Balaban J connectivity index is 0.000000160. The second kappa shape index (κ2) is 53.5. The minimum atomic E-state index is -1.14. The number of aliphatic hydroxyl groups is 6. The highest BCUT2D eigenvalue weighted by Crippen LogP contribution is 2.48. The van der Waals surface area contributed by atoms with Crippen LogP contribution in [0.15, 0.2) is 304 Å². The highest BCUT2D eigenvalue weighted by molar-refractivity contribution is 5.82. The summed E-state index contributed by atoms with van der Waals surface area (Å²) < 4.78 is 84.6. The average molecular weight is 1900 g/mol. The maximum Gasteiger partial charge on any atom is 0.316 e. The van der Waals surface area contributed by atoms with E-state index in [-0.39, 0.29) is 81.2 Å². The Morgan fingerprint density at radius 3 is 1.06 bits per heavy atom. The number of hydrogen-bond donors (Lipinski definition) is 6. The molecular formula is C112H121F4N5O18. The van der Waals surface area contributed by atoms with Gasteiger partial charge in [0.05, 0.1) is 52.4 Å². The van der Waals surface area contributed by atoms with Crippen LogP contribution in [0.5, 0.6) is 0 Å². The molecule has 7 unspecified atom stereocenters. The number of benzene rings is 8. The fraction of sp³-hybridized carbons (Fsp3) is 0.348. The third-order valence-electron chi connectivity index (χ3n) is 25.2. The summed E-state index contributed by atoms with van der Waals surface area (Å²) in [5.41, 5.74) is 4.81. The third kappa shape index (κ3) is 32.1. The highest BCUT2D eigenvalue weighted by Gasteiger charge is 2.49. The van der Waals surface area contributed by atoms with Crippen LogP contribution in [0.2, 0.25) is 0 Å². The van der Waals surface area contributed by atoms with Gasteiger partial charge in [0.1, 0.15) is 85.9 Å². The molecule has 0 bridgehead atoms. The molecule has 4 aliphatic rings. The Bertz CT molecular complexity index is 5310. The SMILES string of the molecule is CC[C@@H](O)C(C(=O)OCc1ccccc1)c1ccc(F)cc1.CC[C@H](O)C(C(=O)OCc1ccccc1)c1ccc(F)cc1.Cc1ccc(C(C(=O)OCc2ncccn2)C2(O)CCCC2)cc1.O=C(CC1(O)CCCC1c1ccccc1)OCc1ccccn1.O=C(OCc1ccccn1)C(c1ccc(F)cc1)C1(O)CCCC1.O=C(OCc1cccnc1)C(c1ccc(F)cc1)C1(O)CCCC1. The average Bonchev–Trinajstić information content (AvgIpc) is 1.68. The number of aliphatic hydroxyl groups excluding tert-OH is 2. The van der Waals surface area contributed by atoms with Crippen LogP contribution >= 0.6 is 0 Å². The summed E-state index contributed by atoms with van der Waals surface area (Å²) in [7, 11) is 0. The van der Waals surface area contributed by atoms with E-state index in [2.05, 4.69) is 24.9 Å². The first-order valence-electron chi connectivity index (χ1n) is 47.1. The second-order valence-electron chi connectivity index (χ2n) is 35.2. The summed E-state index contributed by atoms with van der Waals surface area (Å²) in [6.45, 7) is 6.16. The van der Waals surface area contributed by atoms with E-state index in [9.17, 15) is 77.0 Å². The van der Waals surface area contributed by atoms with Crippen molar-refractivity contribution in [1.82, 2.24) is 24.9 Å². The molecular weight excluding hydrogens is 1780 g/mol. The summed E-state index contributed by atoms with van der Waals surface area (Å²) >= 11 is 0. The molecule has 0 spiro atoms. The van der Waals surface area contributed by atoms with Crippen molar-refractivity contribution in [3.63, 3.8) is 0 Å². The van der Waals surface area contributed by atoms with Crippen molar-refractivity contribution in [3.8, 4) is 0 Å². The zero-order valence-electron chi connectivity index (χ0n) is 78.3. The predicted octanol–water partition coefficient (Wildman–Crippen LogP) is 19.7. The first-order chi connectivity index (χ1) is 67.1. The molecule has 139 heavy (non-hydrogen) atoms. The fourth-order valence-electron chi connectivity index (χ4n) is 17.8. The number of rotatable bonds is 32. The van der Waals surface area contributed by atoms with E-state index in [1.165, 1.54) is 84.9 Å². The number of ether oxygens (including phenoxy) is 6. The number of esters is 6. The van der Waals surface area contributed by atoms with Crippen molar-refractivity contribution in [2.45, 2.75) is 246 Å². The number of aryl methyl sites for hydroxylation is 1. The lowest BCUT2D eigenvalue weighted by Crippen LogP contribution is -2.39. The molecule has 4 aromatic heterocycles. The van der Waals surface area contributed by atoms with Gasteiger partial charge in [-0.05, 0) is 207 Å². The number of hydrogen-bond acceptors (Lipinski definition) is 23. The number of pyridine rings is 3. The number of carbonyl (C=O) groups is 6. The molecule has 12 aromatic rings. The third-order valence-corrected chi connectivity index (χ3v) is 25.2. The van der Waals surface area contributed by atoms with Crippen molar-refractivity contribution < 1.29 is 105 Å². The zero-order valence-corrected chi connectivity index (χ0v) is 78.3. The van der Waals surface area contributed by atoms with Gasteiger partial charge in [0.15, 0.2) is 12.4 Å². The first kappa shape index (κ1) is 106. The Labute approximate surface area is 808 Å². The Morgan fingerprint density at radius 1 is 0.345 bits per heavy atom. The van der Waals surface area contributed by atoms with Crippen molar-refractivity contribution in [2.24, 2.45) is 0 Å². The molecule has 0 saturated heterocycles. The van der Waals surface area contributed by atoms with Crippen LogP contribution in [0, 0.1) is 30.2 Å². The van der Waals surface area contributed by atoms with Crippen LogP contribution in [0.1, 0.15) is 238 Å². The summed E-state index contributed by atoms with van der Waals surface area (Å²) in [4.78, 5) is 95.3. The molecule has 4 heterocycles. The van der Waals surface area contributed by atoms with Gasteiger partial charge < -0.3 is 59.1 Å². The normalized spacial score (nSPS) is 17.2. The molecule has 0 amide bonds. The van der Waals surface area contributed by atoms with E-state index in [1.807, 2.05) is 153 Å². The first-order valence-corrected chi connectivity index (χ1v) is 47.1. The molecule has 16 rings (SSSR count). The van der Waals surface area contributed by atoms with E-state index in [4.69, 9.17) is 28.4 Å². The van der Waals surface area contributed by atoms with Gasteiger partial charge in [0.25, 0.3) is 0 Å². The summed E-state index contributed by atoms with van der Waals surface area (Å²) in [6.07, 6.45) is 20.0. The van der Waals surface area contributed by atoms with E-state index in [0.29, 0.717) is 97.3 Å². The molecule has 23 nitrogen and oxygen atoms in total. The zero-order chi connectivity index (χ0) is 99.0. The van der Waals surface area contributed by atoms with Gasteiger partial charge in [-0.25, -0.2) is 27.5 Å². The maximum absolute atomic E-state index is 13.2. The van der Waals surface area contributed by atoms with Crippen LogP contribution < -0.4 is 0 Å². The molecule has 4 aliphatic carbocycles. The van der Waals surface area contributed by atoms with Crippen molar-refractivity contribution in [2.75, 3.05) is 0 Å². The van der Waals surface area contributed by atoms with Gasteiger partial charge >= 0.3 is 35.8 Å². The van der Waals surface area contributed by atoms with E-state index >= 15 is 0 Å². The molecule has 9 atom stereocenters. The molecule has 8 aromatic carbocycles. The molecule has 4 fully saturated rings. The quantitative estimate of drug-likeness (QED) is 0.0130. The lowest BCUT2D eigenvalue weighted by Gasteiger charge is -2.31. The molecule has 6 N–H and O–H groups in total. The van der Waals surface area contributed by atoms with Crippen LogP contribution in [0.3, 0.4) is 0 Å². The summed E-state index contributed by atoms with van der Waals surface area (Å²) in [5, 5.41) is 64.1. The molecule has 0 radical (unpaired) electrons. The van der Waals surface area contributed by atoms with Gasteiger partial charge in [-0.3, -0.25) is 43.7 Å². The van der Waals surface area contributed by atoms with Crippen LogP contribution in [0.4, 0.5) is 17.6 Å². The Morgan fingerprint density at radius 2 is 0.683 bits per heavy atom. The van der Waals surface area contributed by atoms with Gasteiger partial charge in [-0.2, -0.15) is 0 Å². The number of carbonyl (C=O) groups excluding carboxylic acids is 6. The van der Waals surface area contributed by atoms with Gasteiger partial charge in [0.2, 0.25) is 0 Å². The van der Waals surface area contributed by atoms with Crippen molar-refractivity contribution in [3.05, 3.63) is 400 Å². The van der Waals surface area contributed by atoms with Gasteiger partial charge in [-0.1, -0.05) is 240 Å². The monoisotopic (exact) mass is 1900 g/mol. The number of halogens is 4. The maximum atomic E-state index is 13.2. The predicted molar refractivity (Wildman–Crippen MR) is 512 cm³/mol. The topological polar surface area (TPSA) is 344 Å². The second-order valence-corrected chi connectivity index (χ2v) is 35.2. The molecule has 27 heteroatoms. The fourth-order valence-corrected chi connectivity index (χ4v) is 17.8. The largest absolute Gasteiger partial charge is 0.460 e. The van der Waals surface area contributed by atoms with Gasteiger partial charge in [-0.15, -0.1) is 0 Å². The minimum Gasteiger partial charge on any atom is -0.460 e. The van der Waals surface area contributed by atoms with Crippen LogP contribution in [0.25, 0.3) is 0 Å². The Kier molecular flexibility index (Phi) is 40.8. The van der Waals surface area contributed by atoms with E-state index in [0.717, 1.165) is 84.7 Å². The number of aromatic nitrogens is 5. The standard InChI is InChI=1S/2C19H20FNO3.C19H22N2O3.C19H21NO3.2C18H19FO3/c20-15-8-6-14(7-9-15)17(19(23)10-2-3-11-19)18(22)24-13-16-5-1-4-12-21-16;20-16-7-5-15(6-8-16)17(19(23)9-1-2-10-19)18(22)24-13-14-4-3-11-21-12-14;1-14-5-7-15(8-6-14)17(19(23)9-2-3-10-19)18(22)24-13-16-20-11-4-12-21-16;21-18(23-14-16-9-4-5-12-20-16)13-19(22)11-6-10-17(19)15-7-2-1-3-8-15;2*1-2-16(20)17(14-8-10-15(19)11-9-14)18(21)22-12-13-6-4-3-5-7-13/h1,4-9,12,17,23H,2-3,10-11,13H2;3-8,11-12,17,23H,1-2,9-10,13H2;4-8,11-12,17,23H,2-3,9-10,13H2,1H3;1-5,7-9,12,17,22H,6,10-11,13-14H2;2*3-11,16-17,20H,2,12H2,1H3/t;;;;2*16-,17?/m....10/s1. The van der Waals surface area contributed by atoms with Gasteiger partial charge in [0, 0.05) is 48.7 Å². The summed E-state index contributed by atoms with van der Waals surface area (Å²) in [5.74, 6) is -7.81. The van der Waals surface area contributed by atoms with Crippen molar-refractivity contribution >= 4 is 35.8 Å². The van der Waals surface area contributed by atoms with E-state index < -0.39 is 94.0 Å². The lowest BCUT2D eigenvalue weighted by molar-refractivity contribution is -0.155. The number of nitrogens with zero attached hydrogens (tertiary/aromatic N) is 5. The summed E-state index contributed by atoms with van der Waals surface area (Å²) in [6, 6.07) is 74.9. The molecule has 730 valence electrons. The smallest absolute Gasteiger partial charge is 0.316 e. The van der Waals surface area contributed by atoms with Crippen molar-refractivity contribution in [1.29, 1.82) is 0 Å². The minimum absolute atomic E-state index is 0.00824. The van der Waals surface area contributed by atoms with E-state index in [1.54, 1.807) is 87.4 Å². The van der Waals surface area contributed by atoms with Crippen LogP contribution in [-0.2, 0) is 96.8 Å². The van der Waals surface area contributed by atoms with Crippen LogP contribution in [-0.4, -0.2) is 126 Å². The lowest BCUT2D eigenvalue weighted by atomic mass is 9.80. The molecule has 0 aliphatic heterocycles. The highest BCUT2D eigenvalue weighted by atomic mass is 19.1.